The first kappa shape index (κ1) is 44.8. The van der Waals surface area contributed by atoms with Crippen LogP contribution in [0.15, 0.2) is 36.4 Å². The van der Waals surface area contributed by atoms with Gasteiger partial charge in [-0.25, -0.2) is 9.59 Å². The second-order valence-electron chi connectivity index (χ2n) is 16.6. The summed E-state index contributed by atoms with van der Waals surface area (Å²) >= 11 is 0. The van der Waals surface area contributed by atoms with E-state index in [2.05, 4.69) is 39.1 Å². The molecule has 0 amide bonds. The molecule has 1 aromatic rings. The number of esters is 2. The SMILES string of the molecule is C=C(C)C(=O)OCCCc1cc(C2CCC(C3CCC(CCCCC)CC3)CC2)cc(CCCOC(=O)C(=C)C)c1OCCC(CO)(CO)CCCC. The Hall–Kier alpha value is -2.64. The predicted octanol–water partition coefficient (Wildman–Crippen LogP) is 10.4. The smallest absolute Gasteiger partial charge is 0.333 e. The summed E-state index contributed by atoms with van der Waals surface area (Å²) in [5.74, 6) is 3.22. The second kappa shape index (κ2) is 24.0. The molecule has 0 atom stereocenters. The van der Waals surface area contributed by atoms with Crippen LogP contribution in [0.25, 0.3) is 0 Å². The first-order valence-electron chi connectivity index (χ1n) is 21.2. The first-order chi connectivity index (χ1) is 25.6. The number of aliphatic hydroxyl groups excluding tert-OH is 2. The van der Waals surface area contributed by atoms with Crippen LogP contribution >= 0.6 is 0 Å². The van der Waals surface area contributed by atoms with Gasteiger partial charge in [0.05, 0.1) is 33.0 Å². The van der Waals surface area contributed by atoms with Crippen LogP contribution in [0.1, 0.15) is 166 Å². The molecule has 7 nitrogen and oxygen atoms in total. The molecule has 0 radical (unpaired) electrons. The van der Waals surface area contributed by atoms with Crippen LogP contribution in [-0.2, 0) is 31.9 Å². The maximum Gasteiger partial charge on any atom is 0.333 e. The number of unbranched alkanes of at least 4 members (excludes halogenated alkanes) is 3. The van der Waals surface area contributed by atoms with Gasteiger partial charge in [-0.2, -0.15) is 0 Å². The third kappa shape index (κ3) is 14.8. The van der Waals surface area contributed by atoms with Crippen molar-refractivity contribution in [1.29, 1.82) is 0 Å². The highest BCUT2D eigenvalue weighted by molar-refractivity contribution is 5.87. The van der Waals surface area contributed by atoms with Crippen molar-refractivity contribution in [2.75, 3.05) is 33.0 Å². The summed E-state index contributed by atoms with van der Waals surface area (Å²) in [7, 11) is 0. The van der Waals surface area contributed by atoms with Crippen LogP contribution < -0.4 is 4.74 Å². The van der Waals surface area contributed by atoms with Crippen molar-refractivity contribution >= 4 is 11.9 Å². The molecule has 0 aromatic heterocycles. The molecule has 0 spiro atoms. The van der Waals surface area contributed by atoms with Gasteiger partial charge in [0.15, 0.2) is 0 Å². The zero-order chi connectivity index (χ0) is 38.6. The van der Waals surface area contributed by atoms with Crippen molar-refractivity contribution in [3.63, 3.8) is 0 Å². The largest absolute Gasteiger partial charge is 0.493 e. The molecule has 0 aliphatic heterocycles. The molecule has 2 saturated carbocycles. The van der Waals surface area contributed by atoms with E-state index in [1.807, 2.05) is 0 Å². The minimum atomic E-state index is -0.587. The number of hydrogen-bond acceptors (Lipinski definition) is 7. The van der Waals surface area contributed by atoms with E-state index >= 15 is 0 Å². The van der Waals surface area contributed by atoms with Gasteiger partial charge in [0.2, 0.25) is 0 Å². The molecule has 3 rings (SSSR count). The Kier molecular flexibility index (Phi) is 20.3. The van der Waals surface area contributed by atoms with Gasteiger partial charge in [0, 0.05) is 16.6 Å². The summed E-state index contributed by atoms with van der Waals surface area (Å²) < 4.78 is 17.6. The number of benzene rings is 1. The molecule has 2 aliphatic carbocycles. The molecule has 300 valence electrons. The summed E-state index contributed by atoms with van der Waals surface area (Å²) in [6.45, 7) is 15.9. The van der Waals surface area contributed by atoms with Gasteiger partial charge >= 0.3 is 11.9 Å². The Morgan fingerprint density at radius 3 is 1.68 bits per heavy atom. The van der Waals surface area contributed by atoms with Gasteiger partial charge in [0.1, 0.15) is 5.75 Å². The van der Waals surface area contributed by atoms with Crippen LogP contribution in [0.3, 0.4) is 0 Å². The van der Waals surface area contributed by atoms with Crippen LogP contribution in [0.4, 0.5) is 0 Å². The van der Waals surface area contributed by atoms with Crippen LogP contribution in [0.5, 0.6) is 5.75 Å². The Morgan fingerprint density at radius 1 is 0.698 bits per heavy atom. The van der Waals surface area contributed by atoms with E-state index in [1.165, 1.54) is 82.6 Å². The van der Waals surface area contributed by atoms with Crippen molar-refractivity contribution in [1.82, 2.24) is 0 Å². The van der Waals surface area contributed by atoms with E-state index in [-0.39, 0.29) is 25.2 Å². The van der Waals surface area contributed by atoms with Gasteiger partial charge in [0.25, 0.3) is 0 Å². The first-order valence-corrected chi connectivity index (χ1v) is 21.2. The standard InChI is InChI=1S/C46H74O7/c1-7-9-11-14-36-17-19-37(20-18-36)38-21-23-39(24-22-38)42-30-40(15-12-27-52-44(49)34(3)4)43(41(31-42)16-13-28-53-45(50)35(5)6)51-29-26-46(32-47,33-48)25-10-8-2/h30-31,36-39,47-48H,3,5,7-29,32-33H2,1-2,4,6H3. The molecule has 1 aromatic carbocycles. The number of hydrogen-bond donors (Lipinski definition) is 2. The summed E-state index contributed by atoms with van der Waals surface area (Å²) in [4.78, 5) is 24.2. The lowest BCUT2D eigenvalue weighted by atomic mass is 9.67. The number of rotatable bonds is 25. The fraction of sp³-hybridized carbons (Fsp3) is 0.739. The molecule has 53 heavy (non-hydrogen) atoms. The fourth-order valence-electron chi connectivity index (χ4n) is 8.64. The fourth-order valence-corrected chi connectivity index (χ4v) is 8.64. The maximum atomic E-state index is 12.1. The van der Waals surface area contributed by atoms with Crippen LogP contribution in [0.2, 0.25) is 0 Å². The van der Waals surface area contributed by atoms with E-state index in [4.69, 9.17) is 14.2 Å². The molecule has 0 bridgehead atoms. The Bertz CT molecular complexity index is 1210. The molecular weight excluding hydrogens is 664 g/mol. The molecule has 0 unspecified atom stereocenters. The van der Waals surface area contributed by atoms with Crippen LogP contribution in [-0.4, -0.2) is 55.2 Å². The third-order valence-electron chi connectivity index (χ3n) is 12.2. The molecule has 2 aliphatic rings. The lowest BCUT2D eigenvalue weighted by molar-refractivity contribution is -0.139. The van der Waals surface area contributed by atoms with E-state index in [1.54, 1.807) is 13.8 Å². The van der Waals surface area contributed by atoms with Gasteiger partial charge < -0.3 is 24.4 Å². The number of carbonyl (C=O) groups excluding carboxylic acids is 2. The highest BCUT2D eigenvalue weighted by Gasteiger charge is 2.32. The molecular formula is C46H74O7. The zero-order valence-corrected chi connectivity index (χ0v) is 34.0. The number of carbonyl (C=O) groups is 2. The van der Waals surface area contributed by atoms with Crippen molar-refractivity contribution in [2.45, 2.75) is 162 Å². The van der Waals surface area contributed by atoms with Gasteiger partial charge in [-0.15, -0.1) is 0 Å². The Labute approximate surface area is 322 Å². The highest BCUT2D eigenvalue weighted by Crippen LogP contribution is 2.45. The predicted molar refractivity (Wildman–Crippen MR) is 215 cm³/mol. The minimum absolute atomic E-state index is 0.0865. The van der Waals surface area contributed by atoms with Crippen LogP contribution in [0, 0.1) is 23.2 Å². The Balaban J connectivity index is 1.81. The summed E-state index contributed by atoms with van der Waals surface area (Å²) in [5.41, 5.74) is 3.73. The summed E-state index contributed by atoms with van der Waals surface area (Å²) in [6, 6.07) is 4.66. The lowest BCUT2D eigenvalue weighted by Crippen LogP contribution is -2.32. The van der Waals surface area contributed by atoms with E-state index in [0.717, 1.165) is 53.9 Å². The van der Waals surface area contributed by atoms with Crippen molar-refractivity contribution in [2.24, 2.45) is 23.2 Å². The molecule has 0 heterocycles. The summed E-state index contributed by atoms with van der Waals surface area (Å²) in [6.07, 6.45) is 22.0. The number of aliphatic hydroxyl groups is 2. The summed E-state index contributed by atoms with van der Waals surface area (Å²) in [5, 5.41) is 20.6. The van der Waals surface area contributed by atoms with E-state index < -0.39 is 5.41 Å². The quantitative estimate of drug-likeness (QED) is 0.0585. The average molecular weight is 739 g/mol. The third-order valence-corrected chi connectivity index (χ3v) is 12.2. The van der Waals surface area contributed by atoms with Gasteiger partial charge in [-0.1, -0.05) is 90.5 Å². The van der Waals surface area contributed by atoms with Crippen molar-refractivity contribution in [3.05, 3.63) is 53.1 Å². The normalized spacial score (nSPS) is 20.5. The zero-order valence-electron chi connectivity index (χ0n) is 34.0. The second-order valence-corrected chi connectivity index (χ2v) is 16.6. The van der Waals surface area contributed by atoms with Crippen molar-refractivity contribution in [3.8, 4) is 5.75 Å². The molecule has 2 fully saturated rings. The lowest BCUT2D eigenvalue weighted by Gasteiger charge is -2.38. The Morgan fingerprint density at radius 2 is 1.21 bits per heavy atom. The van der Waals surface area contributed by atoms with Gasteiger partial charge in [-0.05, 0) is 131 Å². The average Bonchev–Trinajstić information content (AvgIpc) is 3.17. The number of aryl methyl sites for hydroxylation is 2. The topological polar surface area (TPSA) is 102 Å². The minimum Gasteiger partial charge on any atom is -0.493 e. The molecule has 2 N–H and O–H groups in total. The molecule has 0 saturated heterocycles. The van der Waals surface area contributed by atoms with Crippen molar-refractivity contribution < 1.29 is 34.0 Å². The number of ether oxygens (including phenoxy) is 3. The van der Waals surface area contributed by atoms with E-state index in [9.17, 15) is 19.8 Å². The van der Waals surface area contributed by atoms with E-state index in [0.29, 0.717) is 69.0 Å². The van der Waals surface area contributed by atoms with Gasteiger partial charge in [-0.3, -0.25) is 0 Å². The monoisotopic (exact) mass is 739 g/mol. The molecule has 7 heteroatoms. The maximum absolute atomic E-state index is 12.1. The highest BCUT2D eigenvalue weighted by atomic mass is 16.5.